The van der Waals surface area contributed by atoms with Crippen molar-refractivity contribution >= 4 is 68.3 Å². The van der Waals surface area contributed by atoms with Gasteiger partial charge < -0.3 is 24.2 Å². The topological polar surface area (TPSA) is 125 Å². The van der Waals surface area contributed by atoms with Gasteiger partial charge in [0, 0.05) is 48.5 Å². The third-order valence-electron chi connectivity index (χ3n) is 7.53. The van der Waals surface area contributed by atoms with Gasteiger partial charge >= 0.3 is 12.1 Å². The van der Waals surface area contributed by atoms with Crippen molar-refractivity contribution in [2.75, 3.05) is 53.4 Å². The van der Waals surface area contributed by atoms with E-state index in [0.717, 1.165) is 15.6 Å². The van der Waals surface area contributed by atoms with Crippen molar-refractivity contribution in [3.05, 3.63) is 64.1 Å². The Morgan fingerprint density at radius 2 is 1.42 bits per heavy atom. The normalized spacial score (nSPS) is 15.3. The lowest BCUT2D eigenvalue weighted by Crippen LogP contribution is -2.50. The maximum Gasteiger partial charge on any atom is 0.410 e. The zero-order valence-electron chi connectivity index (χ0n) is 27.9. The van der Waals surface area contributed by atoms with Gasteiger partial charge in [-0.3, -0.25) is 9.10 Å². The van der Waals surface area contributed by atoms with Gasteiger partial charge in [-0.15, -0.1) is 10.2 Å². The molecule has 15 heteroatoms. The van der Waals surface area contributed by atoms with Gasteiger partial charge in [-0.05, 0) is 102 Å². The van der Waals surface area contributed by atoms with Crippen LogP contribution in [-0.4, -0.2) is 86.0 Å². The number of carbonyl (C=O) groups excluding carboxylic acids is 2. The summed E-state index contributed by atoms with van der Waals surface area (Å²) in [6.07, 6.45) is 0.293. The van der Waals surface area contributed by atoms with Crippen LogP contribution in [0.5, 0.6) is 0 Å². The van der Waals surface area contributed by atoms with Crippen LogP contribution in [0.2, 0.25) is 10.0 Å². The first kappa shape index (κ1) is 35.5. The molecule has 48 heavy (non-hydrogen) atoms. The van der Waals surface area contributed by atoms with Crippen LogP contribution >= 0.6 is 23.2 Å². The van der Waals surface area contributed by atoms with E-state index in [1.54, 1.807) is 37.8 Å². The molecule has 0 aliphatic carbocycles. The maximum atomic E-state index is 13.9. The SMILES string of the molecule is CC(C)(C)OC(=O)CN(c1ccc2c(c1)CCN2c1ccc(N2CCN(C(=O)OC(C)(C)C)CC2)nn1)S(=O)(=O)c1cc(Cl)cc(Cl)c1. The summed E-state index contributed by atoms with van der Waals surface area (Å²) in [7, 11) is -4.27. The minimum atomic E-state index is -4.27. The number of benzene rings is 2. The summed E-state index contributed by atoms with van der Waals surface area (Å²) >= 11 is 12.3. The van der Waals surface area contributed by atoms with Gasteiger partial charge in [0.05, 0.1) is 10.6 Å². The van der Waals surface area contributed by atoms with Crippen LogP contribution in [0.3, 0.4) is 0 Å². The van der Waals surface area contributed by atoms with Gasteiger partial charge in [0.15, 0.2) is 11.6 Å². The van der Waals surface area contributed by atoms with Crippen LogP contribution in [0.25, 0.3) is 0 Å². The van der Waals surface area contributed by atoms with Gasteiger partial charge in [-0.1, -0.05) is 23.2 Å². The molecule has 0 radical (unpaired) electrons. The first-order valence-corrected chi connectivity index (χ1v) is 17.8. The monoisotopic (exact) mass is 718 g/mol. The van der Waals surface area contributed by atoms with E-state index in [0.29, 0.717) is 56.5 Å². The summed E-state index contributed by atoms with van der Waals surface area (Å²) in [5.41, 5.74) is 0.672. The summed E-state index contributed by atoms with van der Waals surface area (Å²) in [6.45, 7) is 13.0. The molecule has 2 aliphatic rings. The first-order valence-electron chi connectivity index (χ1n) is 15.6. The zero-order valence-corrected chi connectivity index (χ0v) is 30.2. The Kier molecular flexibility index (Phi) is 10.1. The van der Waals surface area contributed by atoms with Crippen molar-refractivity contribution in [1.82, 2.24) is 15.1 Å². The molecular formula is C33H40Cl2N6O6S. The summed E-state index contributed by atoms with van der Waals surface area (Å²) in [5.74, 6) is 0.647. The van der Waals surface area contributed by atoms with Crippen LogP contribution in [0.1, 0.15) is 47.1 Å². The number of aromatic nitrogens is 2. The van der Waals surface area contributed by atoms with E-state index < -0.39 is 33.7 Å². The second-order valence-corrected chi connectivity index (χ2v) is 16.4. The van der Waals surface area contributed by atoms with Gasteiger partial charge in [0.1, 0.15) is 17.7 Å². The molecule has 0 N–H and O–H groups in total. The molecule has 0 saturated carbocycles. The van der Waals surface area contributed by atoms with E-state index in [9.17, 15) is 18.0 Å². The average Bonchev–Trinajstić information content (AvgIpc) is 3.41. The van der Waals surface area contributed by atoms with Gasteiger partial charge in [-0.25, -0.2) is 13.2 Å². The standard InChI is InChI=1S/C33H40Cl2N6O6S/c1-32(2,3)46-30(42)21-41(48(44,45)26-19-23(34)18-24(35)20-26)25-7-8-27-22(17-25)11-12-40(27)29-10-9-28(36-37-29)38-13-15-39(16-14-38)31(43)47-33(4,5)6/h7-10,17-20H,11-16,21H2,1-6H3. The summed E-state index contributed by atoms with van der Waals surface area (Å²) in [4.78, 5) is 31.0. The fourth-order valence-corrected chi connectivity index (χ4v) is 7.60. The highest BCUT2D eigenvalue weighted by molar-refractivity contribution is 7.92. The Labute approximate surface area is 291 Å². The predicted octanol–water partition coefficient (Wildman–Crippen LogP) is 6.07. The van der Waals surface area contributed by atoms with Gasteiger partial charge in [0.2, 0.25) is 0 Å². The number of hydrogen-bond donors (Lipinski definition) is 0. The van der Waals surface area contributed by atoms with E-state index in [2.05, 4.69) is 15.1 Å². The molecule has 1 fully saturated rings. The molecule has 0 bridgehead atoms. The van der Waals surface area contributed by atoms with Crippen LogP contribution in [0.15, 0.2) is 53.4 Å². The fourth-order valence-electron chi connectivity index (χ4n) is 5.47. The van der Waals surface area contributed by atoms with Crippen molar-refractivity contribution in [1.29, 1.82) is 0 Å². The highest BCUT2D eigenvalue weighted by atomic mass is 35.5. The molecule has 1 amide bonds. The summed E-state index contributed by atoms with van der Waals surface area (Å²) < 4.78 is 39.9. The van der Waals surface area contributed by atoms with Crippen molar-refractivity contribution in [2.24, 2.45) is 0 Å². The number of ether oxygens (including phenoxy) is 2. The third-order valence-corrected chi connectivity index (χ3v) is 9.72. The Balaban J connectivity index is 1.34. The van der Waals surface area contributed by atoms with Crippen LogP contribution in [-0.2, 0) is 30.7 Å². The maximum absolute atomic E-state index is 13.9. The first-order chi connectivity index (χ1) is 22.4. The summed E-state index contributed by atoms with van der Waals surface area (Å²) in [6, 6.07) is 13.0. The Hall–Kier alpha value is -3.81. The fraction of sp³-hybridized carbons (Fsp3) is 0.455. The number of rotatable bonds is 7. The number of sulfonamides is 1. The van der Waals surface area contributed by atoms with Gasteiger partial charge in [0.25, 0.3) is 10.0 Å². The van der Waals surface area contributed by atoms with Crippen LogP contribution < -0.4 is 14.1 Å². The van der Waals surface area contributed by atoms with Crippen molar-refractivity contribution in [3.63, 3.8) is 0 Å². The number of amides is 1. The molecule has 0 unspecified atom stereocenters. The van der Waals surface area contributed by atoms with E-state index >= 15 is 0 Å². The number of piperazine rings is 1. The lowest BCUT2D eigenvalue weighted by Gasteiger charge is -2.36. The minimum absolute atomic E-state index is 0.146. The van der Waals surface area contributed by atoms with Gasteiger partial charge in [-0.2, -0.15) is 0 Å². The third kappa shape index (κ3) is 8.42. The van der Waals surface area contributed by atoms with E-state index in [1.807, 2.05) is 43.9 Å². The largest absolute Gasteiger partial charge is 0.459 e. The second kappa shape index (κ2) is 13.6. The highest BCUT2D eigenvalue weighted by Gasteiger charge is 2.32. The molecule has 3 aromatic rings. The quantitative estimate of drug-likeness (QED) is 0.266. The van der Waals surface area contributed by atoms with Crippen molar-refractivity contribution < 1.29 is 27.5 Å². The van der Waals surface area contributed by atoms with E-state index in [4.69, 9.17) is 32.7 Å². The number of halogens is 2. The van der Waals surface area contributed by atoms with Crippen LogP contribution in [0.4, 0.5) is 27.8 Å². The molecule has 2 aliphatic heterocycles. The molecule has 1 aromatic heterocycles. The number of carbonyl (C=O) groups is 2. The number of hydrogen-bond acceptors (Lipinski definition) is 10. The molecule has 258 valence electrons. The molecule has 12 nitrogen and oxygen atoms in total. The molecule has 2 aromatic carbocycles. The lowest BCUT2D eigenvalue weighted by molar-refractivity contribution is -0.152. The van der Waals surface area contributed by atoms with Crippen molar-refractivity contribution in [2.45, 2.75) is 64.1 Å². The summed E-state index contributed by atoms with van der Waals surface area (Å²) in [5, 5.41) is 9.28. The second-order valence-electron chi connectivity index (χ2n) is 13.6. The Morgan fingerprint density at radius 1 is 0.812 bits per heavy atom. The predicted molar refractivity (Wildman–Crippen MR) is 186 cm³/mol. The molecular weight excluding hydrogens is 679 g/mol. The molecule has 5 rings (SSSR count). The lowest BCUT2D eigenvalue weighted by atomic mass is 10.1. The molecule has 0 spiro atoms. The van der Waals surface area contributed by atoms with Crippen LogP contribution in [0, 0.1) is 0 Å². The minimum Gasteiger partial charge on any atom is -0.459 e. The Morgan fingerprint density at radius 3 is 2.00 bits per heavy atom. The van der Waals surface area contributed by atoms with E-state index in [-0.39, 0.29) is 21.0 Å². The number of fused-ring (bicyclic) bond motifs is 1. The smallest absolute Gasteiger partial charge is 0.410 e. The van der Waals surface area contributed by atoms with Crippen molar-refractivity contribution in [3.8, 4) is 0 Å². The number of anilines is 4. The molecule has 0 atom stereocenters. The Bertz CT molecular complexity index is 1770. The number of esters is 1. The van der Waals surface area contributed by atoms with E-state index in [1.165, 1.54) is 18.2 Å². The molecule has 1 saturated heterocycles. The molecule has 3 heterocycles. The highest BCUT2D eigenvalue weighted by Crippen LogP contribution is 2.38. The average molecular weight is 720 g/mol. The number of nitrogens with zero attached hydrogens (tertiary/aromatic N) is 6. The zero-order chi connectivity index (χ0) is 35.0.